The molecule has 2 rings (SSSR count). The van der Waals surface area contributed by atoms with E-state index in [2.05, 4.69) is 5.10 Å². The van der Waals surface area contributed by atoms with Crippen LogP contribution in [0.25, 0.3) is 0 Å². The quantitative estimate of drug-likeness (QED) is 0.780. The zero-order chi connectivity index (χ0) is 11.5. The van der Waals surface area contributed by atoms with Gasteiger partial charge in [0, 0.05) is 32.1 Å². The third-order valence-electron chi connectivity index (χ3n) is 2.57. The molecule has 1 aromatic rings. The standard InChI is InChI=1S/C10H16N4OS/c1-13-7-8(11)9(12-13)10(15)14-3-2-5-16-6-4-14/h7H,2-6,11H2,1H3. The molecule has 1 aliphatic rings. The summed E-state index contributed by atoms with van der Waals surface area (Å²) in [6, 6.07) is 0. The minimum atomic E-state index is -0.0411. The van der Waals surface area contributed by atoms with E-state index < -0.39 is 0 Å². The molecule has 1 aromatic heterocycles. The third kappa shape index (κ3) is 2.32. The highest BCUT2D eigenvalue weighted by Crippen LogP contribution is 2.15. The maximum atomic E-state index is 12.1. The molecule has 2 heterocycles. The van der Waals surface area contributed by atoms with E-state index >= 15 is 0 Å². The lowest BCUT2D eigenvalue weighted by molar-refractivity contribution is 0.0763. The molecular formula is C10H16N4OS. The first-order valence-corrected chi connectivity index (χ1v) is 6.50. The van der Waals surface area contributed by atoms with Gasteiger partial charge < -0.3 is 10.6 Å². The fourth-order valence-electron chi connectivity index (χ4n) is 1.77. The molecule has 0 saturated carbocycles. The Labute approximate surface area is 99.0 Å². The summed E-state index contributed by atoms with van der Waals surface area (Å²) in [7, 11) is 1.77. The minimum Gasteiger partial charge on any atom is -0.396 e. The third-order valence-corrected chi connectivity index (χ3v) is 3.62. The smallest absolute Gasteiger partial charge is 0.276 e. The predicted octanol–water partition coefficient (Wildman–Crippen LogP) is 0.581. The van der Waals surface area contributed by atoms with E-state index in [1.165, 1.54) is 0 Å². The number of carbonyl (C=O) groups is 1. The first-order chi connectivity index (χ1) is 7.68. The Morgan fingerprint density at radius 3 is 3.00 bits per heavy atom. The number of hydrogen-bond acceptors (Lipinski definition) is 4. The number of aryl methyl sites for hydroxylation is 1. The summed E-state index contributed by atoms with van der Waals surface area (Å²) in [5, 5.41) is 4.11. The summed E-state index contributed by atoms with van der Waals surface area (Å²) < 4.78 is 1.58. The maximum Gasteiger partial charge on any atom is 0.276 e. The average molecular weight is 240 g/mol. The summed E-state index contributed by atoms with van der Waals surface area (Å²) >= 11 is 1.89. The second-order valence-corrected chi connectivity index (χ2v) is 5.09. The van der Waals surface area contributed by atoms with Crippen LogP contribution in [0.4, 0.5) is 5.69 Å². The number of aromatic nitrogens is 2. The Morgan fingerprint density at radius 2 is 2.31 bits per heavy atom. The Kier molecular flexibility index (Phi) is 3.38. The van der Waals surface area contributed by atoms with Crippen LogP contribution in [0.5, 0.6) is 0 Å². The first-order valence-electron chi connectivity index (χ1n) is 5.34. The fraction of sp³-hybridized carbons (Fsp3) is 0.600. The lowest BCUT2D eigenvalue weighted by Gasteiger charge is -2.18. The molecule has 0 aliphatic carbocycles. The molecule has 1 saturated heterocycles. The van der Waals surface area contributed by atoms with E-state index in [1.807, 2.05) is 16.7 Å². The molecule has 0 spiro atoms. The molecular weight excluding hydrogens is 224 g/mol. The number of rotatable bonds is 1. The molecule has 6 heteroatoms. The van der Waals surface area contributed by atoms with Crippen LogP contribution in [0.15, 0.2) is 6.20 Å². The van der Waals surface area contributed by atoms with Crippen LogP contribution in [0, 0.1) is 0 Å². The molecule has 16 heavy (non-hydrogen) atoms. The highest BCUT2D eigenvalue weighted by atomic mass is 32.2. The van der Waals surface area contributed by atoms with Crippen molar-refractivity contribution in [2.24, 2.45) is 7.05 Å². The van der Waals surface area contributed by atoms with Gasteiger partial charge in [0.15, 0.2) is 5.69 Å². The number of nitrogens with zero attached hydrogens (tertiary/aromatic N) is 3. The lowest BCUT2D eigenvalue weighted by atomic mass is 10.3. The van der Waals surface area contributed by atoms with Crippen molar-refractivity contribution in [3.63, 3.8) is 0 Å². The summed E-state index contributed by atoms with van der Waals surface area (Å²) in [6.07, 6.45) is 2.71. The number of nitrogen functional groups attached to an aromatic ring is 1. The van der Waals surface area contributed by atoms with Crippen LogP contribution in [-0.4, -0.2) is 45.2 Å². The number of carbonyl (C=O) groups excluding carboxylic acids is 1. The van der Waals surface area contributed by atoms with Crippen molar-refractivity contribution in [2.75, 3.05) is 30.3 Å². The van der Waals surface area contributed by atoms with E-state index in [1.54, 1.807) is 17.9 Å². The lowest BCUT2D eigenvalue weighted by Crippen LogP contribution is -2.33. The van der Waals surface area contributed by atoms with Gasteiger partial charge in [-0.3, -0.25) is 9.48 Å². The van der Waals surface area contributed by atoms with Gasteiger partial charge in [0.25, 0.3) is 5.91 Å². The van der Waals surface area contributed by atoms with Crippen LogP contribution in [0.3, 0.4) is 0 Å². The second kappa shape index (κ2) is 4.78. The van der Waals surface area contributed by atoms with E-state index in [9.17, 15) is 4.79 Å². The Morgan fingerprint density at radius 1 is 1.50 bits per heavy atom. The normalized spacial score (nSPS) is 17.2. The van der Waals surface area contributed by atoms with Crippen molar-refractivity contribution in [1.82, 2.24) is 14.7 Å². The van der Waals surface area contributed by atoms with Crippen LogP contribution in [-0.2, 0) is 7.05 Å². The maximum absolute atomic E-state index is 12.1. The van der Waals surface area contributed by atoms with E-state index in [-0.39, 0.29) is 5.91 Å². The first kappa shape index (κ1) is 11.3. The summed E-state index contributed by atoms with van der Waals surface area (Å²) in [5.74, 6) is 2.08. The van der Waals surface area contributed by atoms with Gasteiger partial charge in [0.2, 0.25) is 0 Å². The second-order valence-electron chi connectivity index (χ2n) is 3.86. The van der Waals surface area contributed by atoms with Gasteiger partial charge in [-0.15, -0.1) is 0 Å². The Hall–Kier alpha value is -1.17. The van der Waals surface area contributed by atoms with Crippen LogP contribution in [0.2, 0.25) is 0 Å². The average Bonchev–Trinajstić information content (AvgIpc) is 2.49. The van der Waals surface area contributed by atoms with E-state index in [0.717, 1.165) is 31.0 Å². The number of hydrogen-bond donors (Lipinski definition) is 1. The van der Waals surface area contributed by atoms with Gasteiger partial charge in [-0.2, -0.15) is 16.9 Å². The van der Waals surface area contributed by atoms with Crippen molar-refractivity contribution < 1.29 is 4.79 Å². The minimum absolute atomic E-state index is 0.0411. The molecule has 1 amide bonds. The Balaban J connectivity index is 2.14. The number of thioether (sulfide) groups is 1. The van der Waals surface area contributed by atoms with Gasteiger partial charge in [0.1, 0.15) is 0 Å². The van der Waals surface area contributed by atoms with Gasteiger partial charge in [-0.25, -0.2) is 0 Å². The van der Waals surface area contributed by atoms with Gasteiger partial charge in [-0.1, -0.05) is 0 Å². The Bertz CT molecular complexity index is 382. The molecule has 5 nitrogen and oxygen atoms in total. The zero-order valence-corrected chi connectivity index (χ0v) is 10.2. The van der Waals surface area contributed by atoms with Crippen molar-refractivity contribution in [1.29, 1.82) is 0 Å². The number of amides is 1. The van der Waals surface area contributed by atoms with Crippen molar-refractivity contribution in [3.8, 4) is 0 Å². The zero-order valence-electron chi connectivity index (χ0n) is 9.35. The molecule has 88 valence electrons. The molecule has 0 atom stereocenters. The van der Waals surface area contributed by atoms with Gasteiger partial charge in [-0.05, 0) is 12.2 Å². The van der Waals surface area contributed by atoms with Crippen LogP contribution < -0.4 is 5.73 Å². The molecule has 0 radical (unpaired) electrons. The molecule has 0 unspecified atom stereocenters. The van der Waals surface area contributed by atoms with Crippen LogP contribution >= 0.6 is 11.8 Å². The molecule has 1 aliphatic heterocycles. The van der Waals surface area contributed by atoms with E-state index in [4.69, 9.17) is 5.73 Å². The summed E-state index contributed by atoms with van der Waals surface area (Å²) in [4.78, 5) is 14.0. The van der Waals surface area contributed by atoms with Crippen LogP contribution in [0.1, 0.15) is 16.9 Å². The highest BCUT2D eigenvalue weighted by molar-refractivity contribution is 7.99. The van der Waals surface area contributed by atoms with Crippen molar-refractivity contribution in [2.45, 2.75) is 6.42 Å². The molecule has 0 bridgehead atoms. The fourth-order valence-corrected chi connectivity index (χ4v) is 2.66. The predicted molar refractivity (Wildman–Crippen MR) is 65.5 cm³/mol. The van der Waals surface area contributed by atoms with Gasteiger partial charge in [0.05, 0.1) is 5.69 Å². The number of anilines is 1. The highest BCUT2D eigenvalue weighted by Gasteiger charge is 2.21. The monoisotopic (exact) mass is 240 g/mol. The summed E-state index contributed by atoms with van der Waals surface area (Å²) in [6.45, 7) is 1.60. The SMILES string of the molecule is Cn1cc(N)c(C(=O)N2CCCSCC2)n1. The topological polar surface area (TPSA) is 64.2 Å². The molecule has 0 aromatic carbocycles. The van der Waals surface area contributed by atoms with E-state index in [0.29, 0.717) is 11.4 Å². The molecule has 2 N–H and O–H groups in total. The number of nitrogens with two attached hydrogens (primary N) is 1. The molecule has 1 fully saturated rings. The van der Waals surface area contributed by atoms with Crippen molar-refractivity contribution >= 4 is 23.4 Å². The largest absolute Gasteiger partial charge is 0.396 e. The van der Waals surface area contributed by atoms with Crippen molar-refractivity contribution in [3.05, 3.63) is 11.9 Å². The van der Waals surface area contributed by atoms with Gasteiger partial charge >= 0.3 is 0 Å². The summed E-state index contributed by atoms with van der Waals surface area (Å²) in [5.41, 5.74) is 6.60.